The van der Waals surface area contributed by atoms with Crippen LogP contribution in [0.1, 0.15) is 11.1 Å². The van der Waals surface area contributed by atoms with Gasteiger partial charge in [0.25, 0.3) is 6.71 Å². The van der Waals surface area contributed by atoms with Gasteiger partial charge >= 0.3 is 0 Å². The summed E-state index contributed by atoms with van der Waals surface area (Å²) in [5.74, 6) is 1.89. The zero-order chi connectivity index (χ0) is 31.6. The maximum absolute atomic E-state index is 7.02. The standard InChI is InChI=1S/C44H31BN2O/c1-5-13-30(14-6-1)31-23-24-40-38(25-31)45-39-26-32-21-22-33(32)27-42(39)48-43-29-37(28-41(44(43)45)47(40)36-19-11-4-12-20-36)46(34-15-7-2-8-16-34)35-17-9-3-10-18-35/h1-20,23-29H,21-22H2. The Morgan fingerprint density at radius 2 is 1.10 bits per heavy atom. The lowest BCUT2D eigenvalue weighted by Crippen LogP contribution is -2.59. The lowest BCUT2D eigenvalue weighted by molar-refractivity contribution is 0.485. The van der Waals surface area contributed by atoms with Crippen molar-refractivity contribution in [1.82, 2.24) is 0 Å². The van der Waals surface area contributed by atoms with Gasteiger partial charge in [-0.3, -0.25) is 0 Å². The number of rotatable bonds is 5. The van der Waals surface area contributed by atoms with Crippen molar-refractivity contribution in [3.05, 3.63) is 175 Å². The van der Waals surface area contributed by atoms with E-state index in [-0.39, 0.29) is 6.71 Å². The second-order valence-electron chi connectivity index (χ2n) is 12.9. The second kappa shape index (κ2) is 10.8. The number of hydrogen-bond donors (Lipinski definition) is 0. The fraction of sp³-hybridized carbons (Fsp3) is 0.0455. The smallest absolute Gasteiger partial charge is 0.256 e. The van der Waals surface area contributed by atoms with Gasteiger partial charge in [0.15, 0.2) is 0 Å². The Morgan fingerprint density at radius 1 is 0.479 bits per heavy atom. The molecule has 0 atom stereocenters. The Hall–Kier alpha value is -6.00. The first-order valence-corrected chi connectivity index (χ1v) is 16.8. The Kier molecular flexibility index (Phi) is 6.10. The Balaban J connectivity index is 1.27. The summed E-state index contributed by atoms with van der Waals surface area (Å²) >= 11 is 0. The van der Waals surface area contributed by atoms with Gasteiger partial charge in [0.1, 0.15) is 11.5 Å². The lowest BCUT2D eigenvalue weighted by atomic mass is 9.33. The number of anilines is 6. The summed E-state index contributed by atoms with van der Waals surface area (Å²) in [6, 6.07) is 59.1. The summed E-state index contributed by atoms with van der Waals surface area (Å²) in [5, 5.41) is 0. The van der Waals surface area contributed by atoms with Crippen molar-refractivity contribution >= 4 is 57.2 Å². The summed E-state index contributed by atoms with van der Waals surface area (Å²) in [6.45, 7) is 0.0409. The minimum atomic E-state index is 0.0409. The largest absolute Gasteiger partial charge is 0.458 e. The minimum absolute atomic E-state index is 0.0409. The van der Waals surface area contributed by atoms with E-state index in [4.69, 9.17) is 4.74 Å². The minimum Gasteiger partial charge on any atom is -0.458 e. The van der Waals surface area contributed by atoms with Crippen LogP contribution in [0.5, 0.6) is 11.5 Å². The van der Waals surface area contributed by atoms with Crippen LogP contribution in [0.3, 0.4) is 0 Å². The molecule has 48 heavy (non-hydrogen) atoms. The quantitative estimate of drug-likeness (QED) is 0.180. The summed E-state index contributed by atoms with van der Waals surface area (Å²) < 4.78 is 7.02. The van der Waals surface area contributed by atoms with E-state index in [1.807, 2.05) is 0 Å². The maximum Gasteiger partial charge on any atom is 0.256 e. The number of aryl methyl sites for hydroxylation is 2. The van der Waals surface area contributed by atoms with Crippen LogP contribution in [0.2, 0.25) is 0 Å². The fourth-order valence-corrected chi connectivity index (χ4v) is 7.83. The van der Waals surface area contributed by atoms with Crippen LogP contribution in [0.25, 0.3) is 11.1 Å². The monoisotopic (exact) mass is 614 g/mol. The number of para-hydroxylation sites is 3. The molecule has 226 valence electrons. The Morgan fingerprint density at radius 3 is 1.77 bits per heavy atom. The molecule has 0 bridgehead atoms. The molecule has 3 nitrogen and oxygen atoms in total. The van der Waals surface area contributed by atoms with Gasteiger partial charge in [-0.25, -0.2) is 0 Å². The molecule has 0 unspecified atom stereocenters. The number of ether oxygens (including phenoxy) is 1. The molecule has 2 heterocycles. The Labute approximate surface area is 281 Å². The number of hydrogen-bond acceptors (Lipinski definition) is 3. The molecule has 0 aromatic heterocycles. The van der Waals surface area contributed by atoms with Gasteiger partial charge in [-0.05, 0) is 106 Å². The lowest BCUT2D eigenvalue weighted by Gasteiger charge is -2.41. The molecule has 10 rings (SSSR count). The van der Waals surface area contributed by atoms with E-state index in [0.717, 1.165) is 52.8 Å². The first kappa shape index (κ1) is 27.1. The summed E-state index contributed by atoms with van der Waals surface area (Å²) in [5.41, 5.74) is 15.8. The van der Waals surface area contributed by atoms with Crippen molar-refractivity contribution < 1.29 is 4.74 Å². The molecule has 0 saturated heterocycles. The number of fused-ring (bicyclic) bond motifs is 5. The van der Waals surface area contributed by atoms with Crippen LogP contribution in [-0.4, -0.2) is 6.71 Å². The molecule has 7 aromatic rings. The van der Waals surface area contributed by atoms with Crippen LogP contribution in [-0.2, 0) is 12.8 Å². The van der Waals surface area contributed by atoms with Gasteiger partial charge in [0.05, 0.1) is 5.69 Å². The average Bonchev–Trinajstić information content (AvgIpc) is 3.14. The molecule has 7 aromatic carbocycles. The maximum atomic E-state index is 7.02. The summed E-state index contributed by atoms with van der Waals surface area (Å²) in [4.78, 5) is 4.77. The van der Waals surface area contributed by atoms with Gasteiger partial charge < -0.3 is 14.5 Å². The number of benzene rings is 7. The van der Waals surface area contributed by atoms with E-state index >= 15 is 0 Å². The summed E-state index contributed by atoms with van der Waals surface area (Å²) in [7, 11) is 0. The third-order valence-corrected chi connectivity index (χ3v) is 10.1. The van der Waals surface area contributed by atoms with Gasteiger partial charge in [-0.2, -0.15) is 0 Å². The highest BCUT2D eigenvalue weighted by Gasteiger charge is 2.43. The van der Waals surface area contributed by atoms with Crippen LogP contribution >= 0.6 is 0 Å². The highest BCUT2D eigenvalue weighted by Crippen LogP contribution is 2.46. The highest BCUT2D eigenvalue weighted by atomic mass is 16.5. The van der Waals surface area contributed by atoms with Crippen molar-refractivity contribution in [2.24, 2.45) is 0 Å². The SMILES string of the molecule is c1ccc(-c2ccc3c(c2)B2c4cc5c(cc4Oc4cc(N(c6ccccc6)c6ccccc6)cc(c42)N3c2ccccc2)CC5)cc1. The second-order valence-corrected chi connectivity index (χ2v) is 12.9. The van der Waals surface area contributed by atoms with Crippen molar-refractivity contribution in [2.45, 2.75) is 12.8 Å². The van der Waals surface area contributed by atoms with E-state index in [2.05, 4.69) is 174 Å². The van der Waals surface area contributed by atoms with Crippen LogP contribution < -0.4 is 30.9 Å². The van der Waals surface area contributed by atoms with Crippen LogP contribution in [0, 0.1) is 0 Å². The van der Waals surface area contributed by atoms with Gasteiger partial charge in [0.2, 0.25) is 0 Å². The predicted molar refractivity (Wildman–Crippen MR) is 200 cm³/mol. The molecule has 0 amide bonds. The molecule has 4 heteroatoms. The molecule has 1 aliphatic carbocycles. The highest BCUT2D eigenvalue weighted by molar-refractivity contribution is 6.99. The van der Waals surface area contributed by atoms with Gasteiger partial charge in [-0.15, -0.1) is 0 Å². The van der Waals surface area contributed by atoms with Crippen molar-refractivity contribution in [2.75, 3.05) is 9.80 Å². The zero-order valence-electron chi connectivity index (χ0n) is 26.4. The molecular formula is C44H31BN2O. The molecule has 3 aliphatic rings. The third kappa shape index (κ3) is 4.23. The van der Waals surface area contributed by atoms with E-state index in [1.54, 1.807) is 0 Å². The molecule has 0 N–H and O–H groups in total. The fourth-order valence-electron chi connectivity index (χ4n) is 7.83. The summed E-state index contributed by atoms with van der Waals surface area (Å²) in [6.07, 6.45) is 2.24. The molecule has 0 saturated carbocycles. The normalized spacial score (nSPS) is 13.3. The molecule has 0 radical (unpaired) electrons. The molecule has 2 aliphatic heterocycles. The molecule has 0 fully saturated rings. The first-order chi connectivity index (χ1) is 23.8. The number of nitrogens with zero attached hydrogens (tertiary/aromatic N) is 2. The predicted octanol–water partition coefficient (Wildman–Crippen LogP) is 9.33. The van der Waals surface area contributed by atoms with Gasteiger partial charge in [0, 0.05) is 34.5 Å². The van der Waals surface area contributed by atoms with Crippen LogP contribution in [0.15, 0.2) is 164 Å². The van der Waals surface area contributed by atoms with Crippen molar-refractivity contribution in [1.29, 1.82) is 0 Å². The molecule has 0 spiro atoms. The average molecular weight is 615 g/mol. The van der Waals surface area contributed by atoms with E-state index in [0.29, 0.717) is 0 Å². The Bertz CT molecular complexity index is 2290. The molecular weight excluding hydrogens is 583 g/mol. The first-order valence-electron chi connectivity index (χ1n) is 16.8. The van der Waals surface area contributed by atoms with Crippen LogP contribution in [0.4, 0.5) is 34.1 Å². The topological polar surface area (TPSA) is 15.7 Å². The van der Waals surface area contributed by atoms with Crippen molar-refractivity contribution in [3.8, 4) is 22.6 Å². The zero-order valence-corrected chi connectivity index (χ0v) is 26.4. The van der Waals surface area contributed by atoms with E-state index in [9.17, 15) is 0 Å². The van der Waals surface area contributed by atoms with Gasteiger partial charge in [-0.1, -0.05) is 103 Å². The third-order valence-electron chi connectivity index (χ3n) is 10.1. The van der Waals surface area contributed by atoms with E-state index in [1.165, 1.54) is 44.3 Å². The van der Waals surface area contributed by atoms with Crippen molar-refractivity contribution in [3.63, 3.8) is 0 Å². The van der Waals surface area contributed by atoms with E-state index < -0.39 is 0 Å².